The monoisotopic (exact) mass is 655 g/mol. The third-order valence-electron chi connectivity index (χ3n) is 6.21. The number of aliphatic carboxylic acids is 2. The third-order valence-corrected chi connectivity index (χ3v) is 7.14. The summed E-state index contributed by atoms with van der Waals surface area (Å²) in [4.78, 5) is 34.3. The molecule has 4 rings (SSSR count). The van der Waals surface area contributed by atoms with Crippen molar-refractivity contribution in [2.45, 2.75) is 50.7 Å². The van der Waals surface area contributed by atoms with Gasteiger partial charge in [0.1, 0.15) is 11.3 Å². The van der Waals surface area contributed by atoms with Crippen molar-refractivity contribution in [1.82, 2.24) is 15.2 Å². The molecule has 1 aromatic heterocycles. The lowest BCUT2D eigenvalue weighted by molar-refractivity contribution is -0.193. The molecule has 0 aliphatic carbocycles. The summed E-state index contributed by atoms with van der Waals surface area (Å²) in [5.74, 6) is -5.49. The van der Waals surface area contributed by atoms with E-state index in [1.807, 2.05) is 0 Å². The van der Waals surface area contributed by atoms with Gasteiger partial charge in [-0.3, -0.25) is 9.69 Å². The van der Waals surface area contributed by atoms with Gasteiger partial charge >= 0.3 is 29.2 Å². The smallest absolute Gasteiger partial charge is 0.490 e. The van der Waals surface area contributed by atoms with Crippen LogP contribution in [0.4, 0.5) is 26.3 Å². The zero-order chi connectivity index (χ0) is 33.1. The van der Waals surface area contributed by atoms with Crippen LogP contribution in [-0.4, -0.2) is 80.8 Å². The molecule has 0 bridgehead atoms. The highest BCUT2D eigenvalue weighted by atomic mass is 32.1. The number of alkyl halides is 6. The number of phenols is 1. The number of likely N-dealkylation sites (tertiary alicyclic amines) is 1. The van der Waals surface area contributed by atoms with E-state index in [0.29, 0.717) is 22.3 Å². The van der Waals surface area contributed by atoms with Crippen LogP contribution in [0.1, 0.15) is 42.1 Å². The van der Waals surface area contributed by atoms with E-state index >= 15 is 0 Å². The Morgan fingerprint density at radius 1 is 0.955 bits per heavy atom. The molecule has 2 heterocycles. The molecule has 6 N–H and O–H groups in total. The van der Waals surface area contributed by atoms with Gasteiger partial charge in [-0.25, -0.2) is 9.59 Å². The highest BCUT2D eigenvalue weighted by molar-refractivity contribution is 7.16. The number of thiazole rings is 1. The normalized spacial score (nSPS) is 14.6. The summed E-state index contributed by atoms with van der Waals surface area (Å²) >= 11 is 1.01. The molecule has 0 spiro atoms. The molecule has 0 unspecified atom stereocenters. The van der Waals surface area contributed by atoms with E-state index in [1.165, 1.54) is 49.5 Å². The summed E-state index contributed by atoms with van der Waals surface area (Å²) in [6.07, 6.45) is -6.06. The highest BCUT2D eigenvalue weighted by Gasteiger charge is 2.38. The predicted molar refractivity (Wildman–Crippen MR) is 149 cm³/mol. The number of aliphatic hydroxyl groups excluding tert-OH is 1. The van der Waals surface area contributed by atoms with E-state index in [0.717, 1.165) is 30.8 Å². The Morgan fingerprint density at radius 2 is 1.52 bits per heavy atom. The summed E-state index contributed by atoms with van der Waals surface area (Å²) in [5.41, 5.74) is 3.71. The number of halogens is 6. The van der Waals surface area contributed by atoms with Crippen LogP contribution < -0.4 is 10.2 Å². The lowest BCUT2D eigenvalue weighted by atomic mass is 10.1. The number of carboxylic acid groups (broad SMARTS) is 2. The molecular formula is C27H31F6N3O7S. The topological polar surface area (TPSA) is 163 Å². The number of phenolic OH excluding ortho intramolecular Hbond substituents is 1. The van der Waals surface area contributed by atoms with Gasteiger partial charge in [0.2, 0.25) is 0 Å². The zero-order valence-electron chi connectivity index (χ0n) is 23.0. The van der Waals surface area contributed by atoms with Gasteiger partial charge in [-0.05, 0) is 56.1 Å². The minimum atomic E-state index is -5.08. The van der Waals surface area contributed by atoms with Crippen LogP contribution in [0.15, 0.2) is 41.2 Å². The first-order chi connectivity index (χ1) is 20.5. The summed E-state index contributed by atoms with van der Waals surface area (Å²) in [5, 5.41) is 38.0. The van der Waals surface area contributed by atoms with E-state index < -0.39 is 30.4 Å². The van der Waals surface area contributed by atoms with Crippen molar-refractivity contribution in [2.75, 3.05) is 26.2 Å². The lowest BCUT2D eigenvalue weighted by Crippen LogP contribution is -2.29. The van der Waals surface area contributed by atoms with E-state index in [2.05, 4.69) is 39.5 Å². The molecule has 244 valence electrons. The SMILES string of the molecule is O=C(O)C(F)(F)F.O=C(O)C(F)(F)F.O=c1[nH]c2c(O)ccc([C@@H](O)CNCCc3cccc(CN4CCCCC4)c3)c2s1. The molecule has 1 aliphatic heterocycles. The van der Waals surface area contributed by atoms with E-state index in [1.54, 1.807) is 6.07 Å². The number of fused-ring (bicyclic) bond motifs is 1. The fraction of sp³-hybridized carbons (Fsp3) is 0.444. The Kier molecular flexibility index (Phi) is 13.6. The molecule has 1 atom stereocenters. The second-order valence-electron chi connectivity index (χ2n) is 9.63. The summed E-state index contributed by atoms with van der Waals surface area (Å²) in [6.45, 7) is 4.57. The maximum Gasteiger partial charge on any atom is 0.490 e. The second-order valence-corrected chi connectivity index (χ2v) is 10.6. The number of H-pyrrole nitrogens is 1. The van der Waals surface area contributed by atoms with Crippen molar-refractivity contribution < 1.29 is 56.4 Å². The number of nitrogens with zero attached hydrogens (tertiary/aromatic N) is 1. The summed E-state index contributed by atoms with van der Waals surface area (Å²) in [7, 11) is 0. The van der Waals surface area contributed by atoms with E-state index in [4.69, 9.17) is 19.8 Å². The minimum Gasteiger partial charge on any atom is -0.506 e. The van der Waals surface area contributed by atoms with Crippen molar-refractivity contribution in [2.24, 2.45) is 0 Å². The first-order valence-corrected chi connectivity index (χ1v) is 13.9. The van der Waals surface area contributed by atoms with Crippen molar-refractivity contribution >= 4 is 33.5 Å². The van der Waals surface area contributed by atoms with Crippen LogP contribution in [-0.2, 0) is 22.6 Å². The molecule has 2 aromatic carbocycles. The summed E-state index contributed by atoms with van der Waals surface area (Å²) < 4.78 is 64.1. The molecule has 3 aromatic rings. The summed E-state index contributed by atoms with van der Waals surface area (Å²) in [6, 6.07) is 12.0. The Hall–Kier alpha value is -3.67. The molecule has 1 fully saturated rings. The molecule has 17 heteroatoms. The van der Waals surface area contributed by atoms with Gasteiger partial charge in [0.05, 0.1) is 10.8 Å². The minimum absolute atomic E-state index is 0.0247. The Labute approximate surface area is 250 Å². The van der Waals surface area contributed by atoms with E-state index in [-0.39, 0.29) is 10.6 Å². The van der Waals surface area contributed by atoms with Gasteiger partial charge in [0, 0.05) is 18.7 Å². The number of carbonyl (C=O) groups is 2. The fourth-order valence-corrected chi connectivity index (χ4v) is 5.06. The van der Waals surface area contributed by atoms with E-state index in [9.17, 15) is 41.4 Å². The first-order valence-electron chi connectivity index (χ1n) is 13.1. The van der Waals surface area contributed by atoms with Gasteiger partial charge in [-0.2, -0.15) is 26.3 Å². The number of rotatable bonds is 8. The number of aromatic amines is 1. The third kappa shape index (κ3) is 12.1. The molecule has 1 saturated heterocycles. The first kappa shape index (κ1) is 36.5. The van der Waals surface area contributed by atoms with Gasteiger partial charge in [0.25, 0.3) is 0 Å². The van der Waals surface area contributed by atoms with Crippen LogP contribution in [0, 0.1) is 0 Å². The Bertz CT molecular complexity index is 1410. The van der Waals surface area contributed by atoms with Crippen LogP contribution >= 0.6 is 11.3 Å². The second kappa shape index (κ2) is 16.4. The number of piperidine rings is 1. The van der Waals surface area contributed by atoms with Gasteiger partial charge in [-0.15, -0.1) is 0 Å². The maximum absolute atomic E-state index is 11.6. The number of nitrogens with one attached hydrogen (secondary N) is 2. The van der Waals surface area contributed by atoms with Gasteiger partial charge in [-0.1, -0.05) is 48.1 Å². The Morgan fingerprint density at radius 3 is 2.09 bits per heavy atom. The molecule has 10 nitrogen and oxygen atoms in total. The molecule has 0 amide bonds. The van der Waals surface area contributed by atoms with Crippen molar-refractivity contribution in [3.63, 3.8) is 0 Å². The van der Waals surface area contributed by atoms with Gasteiger partial charge in [0.15, 0.2) is 0 Å². The number of hydrogen-bond acceptors (Lipinski definition) is 8. The van der Waals surface area contributed by atoms with Crippen LogP contribution in [0.5, 0.6) is 5.75 Å². The number of aromatic hydroxyl groups is 1. The fourth-order valence-electron chi connectivity index (χ4n) is 4.14. The number of benzene rings is 2. The number of hydrogen-bond donors (Lipinski definition) is 6. The molecule has 1 aliphatic rings. The number of carboxylic acids is 2. The lowest BCUT2D eigenvalue weighted by Gasteiger charge is -2.26. The highest BCUT2D eigenvalue weighted by Crippen LogP contribution is 2.31. The van der Waals surface area contributed by atoms with Crippen LogP contribution in [0.3, 0.4) is 0 Å². The number of aromatic nitrogens is 1. The van der Waals surface area contributed by atoms with Crippen molar-refractivity contribution in [1.29, 1.82) is 0 Å². The van der Waals surface area contributed by atoms with Crippen molar-refractivity contribution in [3.8, 4) is 5.75 Å². The van der Waals surface area contributed by atoms with Crippen LogP contribution in [0.25, 0.3) is 10.2 Å². The maximum atomic E-state index is 11.6. The molecule has 0 saturated carbocycles. The molecule has 0 radical (unpaired) electrons. The Balaban J connectivity index is 0.000000402. The molecule has 44 heavy (non-hydrogen) atoms. The zero-order valence-corrected chi connectivity index (χ0v) is 23.9. The quantitative estimate of drug-likeness (QED) is 0.152. The van der Waals surface area contributed by atoms with Crippen LogP contribution in [0.2, 0.25) is 0 Å². The predicted octanol–water partition coefficient (Wildman–Crippen LogP) is 4.41. The average molecular weight is 656 g/mol. The number of aliphatic hydroxyl groups is 1. The van der Waals surface area contributed by atoms with Gasteiger partial charge < -0.3 is 30.7 Å². The molecular weight excluding hydrogens is 624 g/mol. The standard InChI is InChI=1S/C23H29N3O3S.2C2HF3O2/c27-19-8-7-18(22-21(19)25-23(29)30-22)20(28)14-24-10-9-16-5-4-6-17(13-16)15-26-11-2-1-3-12-26;2*3-2(4,5)1(6)7/h4-8,13,20,24,27-28H,1-3,9-12,14-15H2,(H,25,29);2*(H,6,7)/t20-;;/m0../s1. The average Bonchev–Trinajstić information content (AvgIpc) is 3.34. The van der Waals surface area contributed by atoms with Crippen molar-refractivity contribution in [3.05, 3.63) is 62.8 Å². The largest absolute Gasteiger partial charge is 0.506 e.